The summed E-state index contributed by atoms with van der Waals surface area (Å²) in [6, 6.07) is 0. The molecule has 3 heteroatoms. The molecular formula is C16H25NO2. The molecule has 1 amide bonds. The Morgan fingerprint density at radius 2 is 1.68 bits per heavy atom. The van der Waals surface area contributed by atoms with Gasteiger partial charge in [-0.05, 0) is 62.7 Å². The van der Waals surface area contributed by atoms with Gasteiger partial charge in [0.05, 0.1) is 12.7 Å². The van der Waals surface area contributed by atoms with Crippen LogP contribution in [-0.2, 0) is 9.53 Å². The van der Waals surface area contributed by atoms with Crippen LogP contribution in [0.4, 0.5) is 0 Å². The van der Waals surface area contributed by atoms with Gasteiger partial charge in [0.25, 0.3) is 0 Å². The van der Waals surface area contributed by atoms with Crippen LogP contribution < -0.4 is 0 Å². The van der Waals surface area contributed by atoms with Gasteiger partial charge in [0.15, 0.2) is 0 Å². The second kappa shape index (κ2) is 4.47. The highest BCUT2D eigenvalue weighted by Crippen LogP contribution is 2.56. The summed E-state index contributed by atoms with van der Waals surface area (Å²) in [7, 11) is 0. The molecule has 0 aromatic rings. The predicted octanol–water partition coefficient (Wildman–Crippen LogP) is 2.31. The maximum atomic E-state index is 12.9. The Labute approximate surface area is 115 Å². The highest BCUT2D eigenvalue weighted by Gasteiger charge is 2.51. The van der Waals surface area contributed by atoms with Crippen LogP contribution in [-0.4, -0.2) is 36.6 Å². The minimum absolute atomic E-state index is 0.217. The van der Waals surface area contributed by atoms with Crippen molar-refractivity contribution in [2.45, 2.75) is 45.1 Å². The summed E-state index contributed by atoms with van der Waals surface area (Å²) in [6.45, 7) is 4.42. The third-order valence-corrected chi connectivity index (χ3v) is 6.06. The number of hydrogen-bond acceptors (Lipinski definition) is 2. The van der Waals surface area contributed by atoms with Gasteiger partial charge in [0, 0.05) is 19.0 Å². The van der Waals surface area contributed by atoms with Gasteiger partial charge in [-0.2, -0.15) is 0 Å². The Kier molecular flexibility index (Phi) is 2.87. The molecule has 19 heavy (non-hydrogen) atoms. The SMILES string of the molecule is CC1CN(C(=O)C2C3CC4CC(C3)CC2C4)CCO1. The van der Waals surface area contributed by atoms with E-state index < -0.39 is 0 Å². The quantitative estimate of drug-likeness (QED) is 0.726. The molecule has 1 saturated heterocycles. The van der Waals surface area contributed by atoms with Crippen LogP contribution in [0.2, 0.25) is 0 Å². The van der Waals surface area contributed by atoms with Crippen molar-refractivity contribution in [3.05, 3.63) is 0 Å². The maximum Gasteiger partial charge on any atom is 0.226 e. The third kappa shape index (κ3) is 2.01. The largest absolute Gasteiger partial charge is 0.375 e. The molecule has 106 valence electrons. The van der Waals surface area contributed by atoms with E-state index >= 15 is 0 Å². The Bertz CT molecular complexity index is 353. The van der Waals surface area contributed by atoms with Crippen LogP contribution in [0.25, 0.3) is 0 Å². The van der Waals surface area contributed by atoms with Gasteiger partial charge in [-0.1, -0.05) is 0 Å². The molecule has 0 aromatic carbocycles. The molecule has 1 heterocycles. The number of morpholine rings is 1. The zero-order valence-electron chi connectivity index (χ0n) is 11.9. The Hall–Kier alpha value is -0.570. The molecule has 1 unspecified atom stereocenters. The molecule has 5 rings (SSSR count). The Morgan fingerprint density at radius 3 is 2.26 bits per heavy atom. The van der Waals surface area contributed by atoms with E-state index in [0.29, 0.717) is 23.7 Å². The zero-order valence-corrected chi connectivity index (χ0v) is 11.9. The normalized spacial score (nSPS) is 48.6. The second-order valence-corrected chi connectivity index (χ2v) is 7.42. The first-order valence-electron chi connectivity index (χ1n) is 8.11. The minimum Gasteiger partial charge on any atom is -0.375 e. The maximum absolute atomic E-state index is 12.9. The van der Waals surface area contributed by atoms with Crippen LogP contribution in [0.5, 0.6) is 0 Å². The van der Waals surface area contributed by atoms with E-state index in [0.717, 1.165) is 31.5 Å². The van der Waals surface area contributed by atoms with Gasteiger partial charge in [0.2, 0.25) is 5.91 Å². The van der Waals surface area contributed by atoms with Crippen molar-refractivity contribution in [2.75, 3.05) is 19.7 Å². The molecule has 1 atom stereocenters. The molecule has 0 spiro atoms. The second-order valence-electron chi connectivity index (χ2n) is 7.42. The van der Waals surface area contributed by atoms with Crippen molar-refractivity contribution in [3.8, 4) is 0 Å². The molecule has 0 N–H and O–H groups in total. The van der Waals surface area contributed by atoms with Crippen LogP contribution in [0.15, 0.2) is 0 Å². The van der Waals surface area contributed by atoms with Crippen molar-refractivity contribution in [1.82, 2.24) is 4.90 Å². The highest BCUT2D eigenvalue weighted by atomic mass is 16.5. The van der Waals surface area contributed by atoms with E-state index in [-0.39, 0.29) is 6.10 Å². The standard InChI is InChI=1S/C16H25NO2/c1-10-9-17(2-3-19-10)16(18)15-13-5-11-4-12(7-13)8-14(15)6-11/h10-15H,2-9H2,1H3. The van der Waals surface area contributed by atoms with E-state index in [1.807, 2.05) is 0 Å². The topological polar surface area (TPSA) is 29.5 Å². The number of rotatable bonds is 1. The molecule has 4 bridgehead atoms. The van der Waals surface area contributed by atoms with E-state index in [2.05, 4.69) is 11.8 Å². The summed E-state index contributed by atoms with van der Waals surface area (Å²) in [5.74, 6) is 4.15. The van der Waals surface area contributed by atoms with E-state index in [1.54, 1.807) is 0 Å². The first-order chi connectivity index (χ1) is 9.20. The Balaban J connectivity index is 1.51. The molecular weight excluding hydrogens is 238 g/mol. The van der Waals surface area contributed by atoms with Crippen molar-refractivity contribution < 1.29 is 9.53 Å². The lowest BCUT2D eigenvalue weighted by Gasteiger charge is -2.54. The zero-order chi connectivity index (χ0) is 13.0. The fourth-order valence-electron chi connectivity index (χ4n) is 5.56. The number of nitrogens with zero attached hydrogens (tertiary/aromatic N) is 1. The molecule has 4 saturated carbocycles. The first kappa shape index (κ1) is 12.2. The predicted molar refractivity (Wildman–Crippen MR) is 72.5 cm³/mol. The van der Waals surface area contributed by atoms with Gasteiger partial charge in [0.1, 0.15) is 0 Å². The molecule has 3 nitrogen and oxygen atoms in total. The summed E-state index contributed by atoms with van der Waals surface area (Å²) in [6.07, 6.45) is 7.02. The highest BCUT2D eigenvalue weighted by molar-refractivity contribution is 5.80. The molecule has 5 aliphatic rings. The average molecular weight is 263 g/mol. The summed E-state index contributed by atoms with van der Waals surface area (Å²) in [5, 5.41) is 0. The summed E-state index contributed by atoms with van der Waals surface area (Å²) in [5.41, 5.74) is 0. The molecule has 1 aliphatic heterocycles. The lowest BCUT2D eigenvalue weighted by atomic mass is 9.51. The smallest absolute Gasteiger partial charge is 0.226 e. The van der Waals surface area contributed by atoms with Gasteiger partial charge in [-0.3, -0.25) is 4.79 Å². The molecule has 4 aliphatic carbocycles. The van der Waals surface area contributed by atoms with Crippen molar-refractivity contribution in [3.63, 3.8) is 0 Å². The summed E-state index contributed by atoms with van der Waals surface area (Å²) < 4.78 is 5.57. The van der Waals surface area contributed by atoms with E-state index in [9.17, 15) is 4.79 Å². The minimum atomic E-state index is 0.217. The lowest BCUT2D eigenvalue weighted by molar-refractivity contribution is -0.155. The molecule has 0 radical (unpaired) electrons. The number of amides is 1. The molecule has 5 fully saturated rings. The average Bonchev–Trinajstić information content (AvgIpc) is 2.37. The third-order valence-electron chi connectivity index (χ3n) is 6.06. The number of carbonyl (C=O) groups excluding carboxylic acids is 1. The van der Waals surface area contributed by atoms with Crippen molar-refractivity contribution in [2.24, 2.45) is 29.6 Å². The van der Waals surface area contributed by atoms with Crippen molar-refractivity contribution >= 4 is 5.91 Å². The van der Waals surface area contributed by atoms with Crippen LogP contribution >= 0.6 is 0 Å². The molecule has 0 aromatic heterocycles. The van der Waals surface area contributed by atoms with Crippen LogP contribution in [0, 0.1) is 29.6 Å². The van der Waals surface area contributed by atoms with Crippen LogP contribution in [0.1, 0.15) is 39.0 Å². The van der Waals surface area contributed by atoms with Crippen LogP contribution in [0.3, 0.4) is 0 Å². The number of hydrogen-bond donors (Lipinski definition) is 0. The number of ether oxygens (including phenoxy) is 1. The van der Waals surface area contributed by atoms with Gasteiger partial charge < -0.3 is 9.64 Å². The first-order valence-corrected chi connectivity index (χ1v) is 8.11. The fourth-order valence-corrected chi connectivity index (χ4v) is 5.56. The van der Waals surface area contributed by atoms with Gasteiger partial charge >= 0.3 is 0 Å². The van der Waals surface area contributed by atoms with Gasteiger partial charge in [-0.15, -0.1) is 0 Å². The monoisotopic (exact) mass is 263 g/mol. The van der Waals surface area contributed by atoms with Crippen molar-refractivity contribution in [1.29, 1.82) is 0 Å². The number of carbonyl (C=O) groups is 1. The van der Waals surface area contributed by atoms with E-state index in [4.69, 9.17) is 4.74 Å². The van der Waals surface area contributed by atoms with Gasteiger partial charge in [-0.25, -0.2) is 0 Å². The van der Waals surface area contributed by atoms with E-state index in [1.165, 1.54) is 32.1 Å². The summed E-state index contributed by atoms with van der Waals surface area (Å²) >= 11 is 0. The summed E-state index contributed by atoms with van der Waals surface area (Å²) in [4.78, 5) is 15.0. The Morgan fingerprint density at radius 1 is 1.05 bits per heavy atom. The lowest BCUT2D eigenvalue weighted by Crippen LogP contribution is -2.54. The fraction of sp³-hybridized carbons (Fsp3) is 0.938.